The van der Waals surface area contributed by atoms with Gasteiger partial charge in [0.05, 0.1) is 13.2 Å². The van der Waals surface area contributed by atoms with Crippen LogP contribution in [0.15, 0.2) is 18.2 Å². The molecule has 1 N–H and O–H groups in total. The fraction of sp³-hybridized carbons (Fsp3) is 0.571. The fourth-order valence-corrected chi connectivity index (χ4v) is 2.56. The highest BCUT2D eigenvalue weighted by molar-refractivity contribution is 5.49. The summed E-state index contributed by atoms with van der Waals surface area (Å²) < 4.78 is 10.8. The summed E-state index contributed by atoms with van der Waals surface area (Å²) in [6.07, 6.45) is 0.265. The van der Waals surface area contributed by atoms with Crippen LogP contribution >= 0.6 is 0 Å². The van der Waals surface area contributed by atoms with E-state index in [4.69, 9.17) is 9.47 Å². The van der Waals surface area contributed by atoms with Gasteiger partial charge in [-0.1, -0.05) is 13.8 Å². The van der Waals surface area contributed by atoms with Crippen molar-refractivity contribution in [3.63, 3.8) is 0 Å². The van der Waals surface area contributed by atoms with Crippen LogP contribution in [0, 0.1) is 11.1 Å². The van der Waals surface area contributed by atoms with Crippen molar-refractivity contribution in [1.82, 2.24) is 0 Å². The van der Waals surface area contributed by atoms with Crippen LogP contribution in [0.5, 0.6) is 5.75 Å². The second kappa shape index (κ2) is 4.53. The van der Waals surface area contributed by atoms with Crippen LogP contribution in [0.25, 0.3) is 0 Å². The first-order valence-electron chi connectivity index (χ1n) is 6.56. The minimum atomic E-state index is 0.265. The summed E-state index contributed by atoms with van der Waals surface area (Å²) in [5.41, 5.74) is 2.04. The second-order valence-corrected chi connectivity index (χ2v) is 5.49. The van der Waals surface area contributed by atoms with Gasteiger partial charge in [0.15, 0.2) is 0 Å². The Bertz CT molecular complexity index is 443. The van der Waals surface area contributed by atoms with Crippen molar-refractivity contribution in [1.29, 1.82) is 0 Å². The lowest BCUT2D eigenvalue weighted by Gasteiger charge is -2.17. The molecular weight excluding hydrogens is 230 g/mol. The fourth-order valence-electron chi connectivity index (χ4n) is 2.56. The van der Waals surface area contributed by atoms with E-state index in [9.17, 15) is 5.21 Å². The van der Waals surface area contributed by atoms with Gasteiger partial charge in [-0.15, -0.1) is 0 Å². The topological polar surface area (TPSA) is 49.3 Å². The van der Waals surface area contributed by atoms with Crippen molar-refractivity contribution in [3.05, 3.63) is 29.0 Å². The number of epoxide rings is 1. The third-order valence-electron chi connectivity index (χ3n) is 3.77. The van der Waals surface area contributed by atoms with Crippen LogP contribution in [-0.4, -0.2) is 25.9 Å². The molecule has 98 valence electrons. The Morgan fingerprint density at radius 1 is 1.50 bits per heavy atom. The SMILES string of the molecule is CC(C)C1C[NH+]([O-])c2ccc(OCC3CO3)cc21. The van der Waals surface area contributed by atoms with Crippen LogP contribution in [0.3, 0.4) is 0 Å². The minimum Gasteiger partial charge on any atom is -0.629 e. The molecule has 1 fully saturated rings. The molecule has 0 aliphatic carbocycles. The molecule has 3 rings (SSSR count). The largest absolute Gasteiger partial charge is 0.629 e. The monoisotopic (exact) mass is 249 g/mol. The summed E-state index contributed by atoms with van der Waals surface area (Å²) in [5.74, 6) is 1.68. The van der Waals surface area contributed by atoms with E-state index in [0.29, 0.717) is 25.0 Å². The Kier molecular flexibility index (Phi) is 3.01. The van der Waals surface area contributed by atoms with Crippen LogP contribution in [0.4, 0.5) is 5.69 Å². The van der Waals surface area contributed by atoms with Gasteiger partial charge in [-0.05, 0) is 18.1 Å². The standard InChI is InChI=1S/C14H19NO3/c1-9(2)13-6-15(16)14-4-3-10(5-12(13)14)17-7-11-8-18-11/h3-5,9,11,13,15H,6-8H2,1-2H3. The first-order valence-corrected chi connectivity index (χ1v) is 6.56. The quantitative estimate of drug-likeness (QED) is 0.645. The third kappa shape index (κ3) is 2.23. The van der Waals surface area contributed by atoms with E-state index < -0.39 is 0 Å². The third-order valence-corrected chi connectivity index (χ3v) is 3.77. The molecule has 0 aromatic heterocycles. The molecule has 3 atom stereocenters. The number of quaternary nitrogens is 1. The normalized spacial score (nSPS) is 29.4. The molecule has 1 aromatic carbocycles. The molecule has 1 saturated heterocycles. The molecule has 0 amide bonds. The molecule has 1 aromatic rings. The Labute approximate surface area is 107 Å². The smallest absolute Gasteiger partial charge is 0.135 e. The van der Waals surface area contributed by atoms with E-state index in [-0.39, 0.29) is 11.2 Å². The van der Waals surface area contributed by atoms with E-state index in [0.717, 1.165) is 23.6 Å². The maximum atomic E-state index is 11.9. The lowest BCUT2D eigenvalue weighted by Crippen LogP contribution is -3.00. The Morgan fingerprint density at radius 2 is 2.28 bits per heavy atom. The summed E-state index contributed by atoms with van der Waals surface area (Å²) in [7, 11) is 0. The van der Waals surface area contributed by atoms with Gasteiger partial charge < -0.3 is 19.7 Å². The van der Waals surface area contributed by atoms with Gasteiger partial charge in [-0.2, -0.15) is 0 Å². The van der Waals surface area contributed by atoms with Crippen LogP contribution in [0.2, 0.25) is 0 Å². The first kappa shape index (κ1) is 12.0. The average molecular weight is 249 g/mol. The van der Waals surface area contributed by atoms with Gasteiger partial charge in [0.2, 0.25) is 0 Å². The molecule has 0 spiro atoms. The predicted octanol–water partition coefficient (Wildman–Crippen LogP) is 1.23. The second-order valence-electron chi connectivity index (χ2n) is 5.49. The van der Waals surface area contributed by atoms with Gasteiger partial charge in [-0.25, -0.2) is 0 Å². The molecule has 2 aliphatic rings. The van der Waals surface area contributed by atoms with E-state index in [1.807, 2.05) is 18.2 Å². The van der Waals surface area contributed by atoms with E-state index in [1.54, 1.807) is 0 Å². The van der Waals surface area contributed by atoms with Crippen LogP contribution < -0.4 is 9.80 Å². The highest BCUT2D eigenvalue weighted by Crippen LogP contribution is 2.34. The van der Waals surface area contributed by atoms with Gasteiger partial charge in [0, 0.05) is 17.5 Å². The zero-order valence-corrected chi connectivity index (χ0v) is 10.8. The van der Waals surface area contributed by atoms with Crippen molar-refractivity contribution in [2.45, 2.75) is 25.9 Å². The summed E-state index contributed by atoms with van der Waals surface area (Å²) in [4.78, 5) is 0. The Balaban J connectivity index is 1.81. The van der Waals surface area contributed by atoms with Crippen molar-refractivity contribution >= 4 is 5.69 Å². The highest BCUT2D eigenvalue weighted by Gasteiger charge is 2.32. The highest BCUT2D eigenvalue weighted by atomic mass is 16.6. The van der Waals surface area contributed by atoms with Crippen LogP contribution in [-0.2, 0) is 4.74 Å². The molecule has 18 heavy (non-hydrogen) atoms. The van der Waals surface area contributed by atoms with Crippen molar-refractivity contribution < 1.29 is 14.5 Å². The molecule has 0 bridgehead atoms. The number of fused-ring (bicyclic) bond motifs is 1. The molecule has 2 aliphatic heterocycles. The molecule has 3 unspecified atom stereocenters. The Hall–Kier alpha value is -1.10. The molecule has 0 saturated carbocycles. The average Bonchev–Trinajstić information content (AvgIpc) is 3.11. The Morgan fingerprint density at radius 3 is 2.94 bits per heavy atom. The van der Waals surface area contributed by atoms with E-state index >= 15 is 0 Å². The van der Waals surface area contributed by atoms with Crippen molar-refractivity contribution in [2.75, 3.05) is 19.8 Å². The van der Waals surface area contributed by atoms with E-state index in [1.165, 1.54) is 0 Å². The van der Waals surface area contributed by atoms with Gasteiger partial charge in [-0.3, -0.25) is 0 Å². The lowest BCUT2D eigenvalue weighted by molar-refractivity contribution is -0.770. The summed E-state index contributed by atoms with van der Waals surface area (Å²) in [6, 6.07) is 5.83. The van der Waals surface area contributed by atoms with E-state index in [2.05, 4.69) is 13.8 Å². The number of hydrogen-bond acceptors (Lipinski definition) is 3. The number of hydrogen-bond donors (Lipinski definition) is 1. The van der Waals surface area contributed by atoms with Crippen molar-refractivity contribution in [2.24, 2.45) is 5.92 Å². The molecular formula is C14H19NO3. The molecule has 2 heterocycles. The summed E-state index contributed by atoms with van der Waals surface area (Å²) >= 11 is 0. The number of ether oxygens (including phenoxy) is 2. The maximum Gasteiger partial charge on any atom is 0.135 e. The molecule has 4 nitrogen and oxygen atoms in total. The number of rotatable bonds is 4. The van der Waals surface area contributed by atoms with Gasteiger partial charge in [0.1, 0.15) is 24.1 Å². The van der Waals surface area contributed by atoms with Gasteiger partial charge >= 0.3 is 0 Å². The van der Waals surface area contributed by atoms with Crippen LogP contribution in [0.1, 0.15) is 25.3 Å². The zero-order valence-electron chi connectivity index (χ0n) is 10.8. The zero-order chi connectivity index (χ0) is 12.7. The number of nitrogens with one attached hydrogen (secondary N) is 1. The summed E-state index contributed by atoms with van der Waals surface area (Å²) in [5, 5.41) is 12.2. The minimum absolute atomic E-state index is 0.265. The maximum absolute atomic E-state index is 11.9. The lowest BCUT2D eigenvalue weighted by atomic mass is 9.90. The van der Waals surface area contributed by atoms with Gasteiger partial charge in [0.25, 0.3) is 0 Å². The predicted molar refractivity (Wildman–Crippen MR) is 68.1 cm³/mol. The molecule has 4 heteroatoms. The number of benzene rings is 1. The van der Waals surface area contributed by atoms with Crippen molar-refractivity contribution in [3.8, 4) is 5.75 Å². The number of hydroxylamine groups is 1. The summed E-state index contributed by atoms with van der Waals surface area (Å²) in [6.45, 7) is 6.39. The molecule has 0 radical (unpaired) electrons. The first-order chi connectivity index (χ1) is 8.65.